The van der Waals surface area contributed by atoms with Gasteiger partial charge in [-0.05, 0) is 39.9 Å². The van der Waals surface area contributed by atoms with Gasteiger partial charge in [-0.3, -0.25) is 0 Å². The molecule has 90 valence electrons. The highest BCUT2D eigenvalue weighted by atomic mass is 32.1. The molecule has 0 aromatic carbocycles. The van der Waals surface area contributed by atoms with Gasteiger partial charge in [-0.1, -0.05) is 0 Å². The van der Waals surface area contributed by atoms with Gasteiger partial charge >= 0.3 is 6.09 Å². The van der Waals surface area contributed by atoms with Crippen molar-refractivity contribution in [3.8, 4) is 0 Å². The number of nitrogens with one attached hydrogen (secondary N) is 2. The maximum absolute atomic E-state index is 11.4. The van der Waals surface area contributed by atoms with E-state index in [0.29, 0.717) is 5.89 Å². The molecule has 0 saturated heterocycles. The normalized spacial score (nSPS) is 13.2. The number of amides is 1. The van der Waals surface area contributed by atoms with Crippen LogP contribution in [-0.4, -0.2) is 21.9 Å². The van der Waals surface area contributed by atoms with E-state index in [1.165, 1.54) is 0 Å². The average molecular weight is 245 g/mol. The smallest absolute Gasteiger partial charge is 0.408 e. The van der Waals surface area contributed by atoms with Crippen LogP contribution in [0.15, 0.2) is 4.42 Å². The number of rotatable bonds is 2. The summed E-state index contributed by atoms with van der Waals surface area (Å²) in [5, 5.41) is 8.86. The third-order valence-electron chi connectivity index (χ3n) is 1.56. The zero-order valence-corrected chi connectivity index (χ0v) is 10.5. The summed E-state index contributed by atoms with van der Waals surface area (Å²) in [4.78, 5) is 11.6. The van der Waals surface area contributed by atoms with Crippen LogP contribution in [0.4, 0.5) is 4.79 Å². The zero-order valence-electron chi connectivity index (χ0n) is 9.66. The number of aromatic nitrogens is 2. The zero-order chi connectivity index (χ0) is 12.3. The van der Waals surface area contributed by atoms with Crippen molar-refractivity contribution < 1.29 is 13.9 Å². The van der Waals surface area contributed by atoms with Crippen molar-refractivity contribution in [2.75, 3.05) is 0 Å². The van der Waals surface area contributed by atoms with Crippen LogP contribution in [0.25, 0.3) is 0 Å². The van der Waals surface area contributed by atoms with Crippen molar-refractivity contribution >= 4 is 18.3 Å². The van der Waals surface area contributed by atoms with Crippen LogP contribution in [-0.2, 0) is 4.74 Å². The molecule has 0 radical (unpaired) electrons. The lowest BCUT2D eigenvalue weighted by Crippen LogP contribution is -2.34. The number of alkyl carbamates (subject to hydrolysis) is 1. The van der Waals surface area contributed by atoms with Crippen molar-refractivity contribution in [3.63, 3.8) is 0 Å². The fraction of sp³-hybridized carbons (Fsp3) is 0.667. The molecular formula is C9H15N3O3S. The van der Waals surface area contributed by atoms with Gasteiger partial charge in [-0.25, -0.2) is 9.89 Å². The summed E-state index contributed by atoms with van der Waals surface area (Å²) < 4.78 is 10.1. The molecule has 1 atom stereocenters. The summed E-state index contributed by atoms with van der Waals surface area (Å²) in [6.45, 7) is 7.09. The van der Waals surface area contributed by atoms with Crippen LogP contribution in [0.2, 0.25) is 0 Å². The summed E-state index contributed by atoms with van der Waals surface area (Å²) >= 11 is 4.72. The van der Waals surface area contributed by atoms with Gasteiger partial charge in [0.2, 0.25) is 5.89 Å². The van der Waals surface area contributed by atoms with Crippen molar-refractivity contribution in [1.82, 2.24) is 15.5 Å². The fourth-order valence-corrected chi connectivity index (χ4v) is 1.10. The second-order valence-corrected chi connectivity index (χ2v) is 4.69. The summed E-state index contributed by atoms with van der Waals surface area (Å²) in [6.07, 6.45) is -0.524. The standard InChI is InChI=1S/C9H15N3O3S/c1-5(6-11-12-8(16)14-6)10-7(13)15-9(2,3)4/h5H,1-4H3,(H,10,13)(H,12,16)/t5-/m0/s1. The van der Waals surface area contributed by atoms with Gasteiger partial charge in [0.15, 0.2) is 0 Å². The van der Waals surface area contributed by atoms with Gasteiger partial charge in [-0.2, -0.15) is 0 Å². The number of ether oxygens (including phenoxy) is 1. The number of aromatic amines is 1. The van der Waals surface area contributed by atoms with E-state index < -0.39 is 17.7 Å². The third kappa shape index (κ3) is 4.01. The Bertz CT molecular complexity index is 418. The molecular weight excluding hydrogens is 230 g/mol. The van der Waals surface area contributed by atoms with Gasteiger partial charge in [0.1, 0.15) is 11.6 Å². The monoisotopic (exact) mass is 245 g/mol. The molecule has 2 N–H and O–H groups in total. The second kappa shape index (κ2) is 4.65. The third-order valence-corrected chi connectivity index (χ3v) is 1.73. The van der Waals surface area contributed by atoms with Crippen LogP contribution in [0.3, 0.4) is 0 Å². The first-order valence-electron chi connectivity index (χ1n) is 4.83. The van der Waals surface area contributed by atoms with Gasteiger partial charge in [0, 0.05) is 0 Å². The molecule has 0 spiro atoms. The lowest BCUT2D eigenvalue weighted by atomic mass is 10.2. The van der Waals surface area contributed by atoms with Crippen LogP contribution >= 0.6 is 12.2 Å². The Morgan fingerprint density at radius 3 is 2.69 bits per heavy atom. The Morgan fingerprint density at radius 2 is 2.25 bits per heavy atom. The molecule has 0 aliphatic rings. The van der Waals surface area contributed by atoms with E-state index in [4.69, 9.17) is 21.4 Å². The molecule has 0 bridgehead atoms. The van der Waals surface area contributed by atoms with Crippen molar-refractivity contribution in [2.45, 2.75) is 39.3 Å². The molecule has 0 aliphatic carbocycles. The molecule has 16 heavy (non-hydrogen) atoms. The van der Waals surface area contributed by atoms with E-state index in [-0.39, 0.29) is 4.84 Å². The highest BCUT2D eigenvalue weighted by Crippen LogP contribution is 2.11. The second-order valence-electron chi connectivity index (χ2n) is 4.32. The summed E-state index contributed by atoms with van der Waals surface area (Å²) in [7, 11) is 0. The van der Waals surface area contributed by atoms with Crippen molar-refractivity contribution in [1.29, 1.82) is 0 Å². The molecule has 7 heteroatoms. The van der Waals surface area contributed by atoms with E-state index >= 15 is 0 Å². The SMILES string of the molecule is C[C@H](NC(=O)OC(C)(C)C)c1n[nH]c(=S)o1. The number of nitrogens with zero attached hydrogens (tertiary/aromatic N) is 1. The molecule has 1 rings (SSSR count). The van der Waals surface area contributed by atoms with E-state index in [2.05, 4.69) is 15.5 Å². The van der Waals surface area contributed by atoms with Crippen LogP contribution in [0.1, 0.15) is 39.6 Å². The van der Waals surface area contributed by atoms with Gasteiger partial charge < -0.3 is 14.5 Å². The Labute approximate surface area is 98.4 Å². The highest BCUT2D eigenvalue weighted by molar-refractivity contribution is 7.71. The van der Waals surface area contributed by atoms with Crippen LogP contribution in [0, 0.1) is 4.84 Å². The maximum Gasteiger partial charge on any atom is 0.408 e. The Morgan fingerprint density at radius 1 is 1.62 bits per heavy atom. The van der Waals surface area contributed by atoms with Crippen LogP contribution in [0.5, 0.6) is 0 Å². The lowest BCUT2D eigenvalue weighted by Gasteiger charge is -2.20. The summed E-state index contributed by atoms with van der Waals surface area (Å²) in [5.74, 6) is 0.316. The fourth-order valence-electron chi connectivity index (χ4n) is 0.973. The number of hydrogen-bond donors (Lipinski definition) is 2. The Balaban J connectivity index is 2.55. The first-order chi connectivity index (χ1) is 7.28. The largest absolute Gasteiger partial charge is 0.444 e. The molecule has 0 fully saturated rings. The van der Waals surface area contributed by atoms with E-state index in [1.54, 1.807) is 27.7 Å². The van der Waals surface area contributed by atoms with Gasteiger partial charge in [-0.15, -0.1) is 5.10 Å². The first-order valence-corrected chi connectivity index (χ1v) is 5.23. The molecule has 1 aromatic rings. The van der Waals surface area contributed by atoms with Gasteiger partial charge in [0.25, 0.3) is 4.84 Å². The number of H-pyrrole nitrogens is 1. The minimum absolute atomic E-state index is 0.174. The highest BCUT2D eigenvalue weighted by Gasteiger charge is 2.20. The Kier molecular flexibility index (Phi) is 3.69. The Hall–Kier alpha value is -1.37. The van der Waals surface area contributed by atoms with Crippen molar-refractivity contribution in [3.05, 3.63) is 10.7 Å². The number of carbonyl (C=O) groups excluding carboxylic acids is 1. The molecule has 0 aliphatic heterocycles. The average Bonchev–Trinajstić information content (AvgIpc) is 2.47. The van der Waals surface area contributed by atoms with Gasteiger partial charge in [0.05, 0.1) is 0 Å². The molecule has 1 heterocycles. The maximum atomic E-state index is 11.4. The number of hydrogen-bond acceptors (Lipinski definition) is 5. The lowest BCUT2D eigenvalue weighted by molar-refractivity contribution is 0.0500. The number of carbonyl (C=O) groups is 1. The van der Waals surface area contributed by atoms with E-state index in [0.717, 1.165) is 0 Å². The predicted molar refractivity (Wildman–Crippen MR) is 59.5 cm³/mol. The van der Waals surface area contributed by atoms with E-state index in [1.807, 2.05) is 0 Å². The molecule has 6 nitrogen and oxygen atoms in total. The minimum atomic E-state index is -0.532. The summed E-state index contributed by atoms with van der Waals surface area (Å²) in [6, 6.07) is -0.400. The van der Waals surface area contributed by atoms with Crippen LogP contribution < -0.4 is 5.32 Å². The predicted octanol–water partition coefficient (Wildman–Crippen LogP) is 2.32. The quantitative estimate of drug-likeness (QED) is 0.781. The molecule has 1 aromatic heterocycles. The summed E-state index contributed by atoms with van der Waals surface area (Å²) in [5.41, 5.74) is -0.532. The molecule has 0 unspecified atom stereocenters. The van der Waals surface area contributed by atoms with E-state index in [9.17, 15) is 4.79 Å². The first kappa shape index (κ1) is 12.7. The molecule has 1 amide bonds. The minimum Gasteiger partial charge on any atom is -0.444 e. The van der Waals surface area contributed by atoms with Crippen molar-refractivity contribution in [2.24, 2.45) is 0 Å². The molecule has 0 saturated carbocycles. The topological polar surface area (TPSA) is 80.1 Å².